The van der Waals surface area contributed by atoms with Crippen molar-refractivity contribution in [3.63, 3.8) is 0 Å². The highest BCUT2D eigenvalue weighted by molar-refractivity contribution is 6.08. The Hall–Kier alpha value is -3.47. The second kappa shape index (κ2) is 15.5. The van der Waals surface area contributed by atoms with Crippen LogP contribution in [0, 0.1) is 0 Å². The van der Waals surface area contributed by atoms with Gasteiger partial charge in [0.25, 0.3) is 0 Å². The molecule has 0 atom stereocenters. The van der Waals surface area contributed by atoms with Crippen LogP contribution in [0.5, 0.6) is 0 Å². The first-order valence-electron chi connectivity index (χ1n) is 9.56. The van der Waals surface area contributed by atoms with Crippen LogP contribution in [0.25, 0.3) is 0 Å². The van der Waals surface area contributed by atoms with Crippen molar-refractivity contribution in [2.24, 2.45) is 0 Å². The molecule has 0 amide bonds. The second-order valence-electron chi connectivity index (χ2n) is 6.42. The molecular weight excluding hydrogens is 380 g/mol. The Kier molecular flexibility index (Phi) is 13.7. The molecule has 5 heteroatoms. The molecule has 0 aromatic heterocycles. The summed E-state index contributed by atoms with van der Waals surface area (Å²) in [6.45, 7) is 12.3. The lowest BCUT2D eigenvalue weighted by atomic mass is 10.0. The van der Waals surface area contributed by atoms with Crippen molar-refractivity contribution < 1.29 is 24.2 Å². The minimum Gasteiger partial charge on any atom is -0.478 e. The van der Waals surface area contributed by atoms with Crippen LogP contribution in [0.1, 0.15) is 49.5 Å². The number of benzene rings is 2. The maximum absolute atomic E-state index is 11.8. The molecule has 0 aliphatic heterocycles. The van der Waals surface area contributed by atoms with E-state index in [1.54, 1.807) is 6.92 Å². The largest absolute Gasteiger partial charge is 0.478 e. The predicted molar refractivity (Wildman–Crippen MR) is 119 cm³/mol. The van der Waals surface area contributed by atoms with Gasteiger partial charge < -0.3 is 9.84 Å². The van der Waals surface area contributed by atoms with E-state index in [0.717, 1.165) is 24.0 Å². The third-order valence-electron chi connectivity index (χ3n) is 3.52. The van der Waals surface area contributed by atoms with Gasteiger partial charge in [-0.3, -0.25) is 4.79 Å². The summed E-state index contributed by atoms with van der Waals surface area (Å²) in [7, 11) is 0. The van der Waals surface area contributed by atoms with E-state index in [9.17, 15) is 14.4 Å². The summed E-state index contributed by atoms with van der Waals surface area (Å²) < 4.78 is 4.81. The minimum atomic E-state index is -0.935. The van der Waals surface area contributed by atoms with Crippen molar-refractivity contribution in [3.05, 3.63) is 96.1 Å². The van der Waals surface area contributed by atoms with Crippen LogP contribution in [0.3, 0.4) is 0 Å². The molecule has 0 saturated heterocycles. The number of ketones is 1. The first-order valence-corrected chi connectivity index (χ1v) is 9.56. The monoisotopic (exact) mass is 410 g/mol. The van der Waals surface area contributed by atoms with Crippen LogP contribution in [-0.4, -0.2) is 29.4 Å². The Morgan fingerprint density at radius 3 is 1.53 bits per heavy atom. The molecule has 0 spiro atoms. The molecule has 2 aromatic carbocycles. The molecule has 0 radical (unpaired) electrons. The smallest absolute Gasteiger partial charge is 0.333 e. The number of carboxylic acid groups (broad SMARTS) is 1. The van der Waals surface area contributed by atoms with Gasteiger partial charge in [-0.1, -0.05) is 87.2 Å². The molecule has 0 saturated carbocycles. The Bertz CT molecular complexity index is 770. The van der Waals surface area contributed by atoms with Crippen molar-refractivity contribution >= 4 is 17.7 Å². The van der Waals surface area contributed by atoms with E-state index in [-0.39, 0.29) is 17.3 Å². The highest BCUT2D eigenvalue weighted by Crippen LogP contribution is 2.08. The van der Waals surface area contributed by atoms with Crippen LogP contribution in [-0.2, 0) is 14.3 Å². The SMILES string of the molecule is C=C(C)C(=O)O.C=C(C)C(=O)OCCCC.O=C(c1ccccc1)c1ccccc1. The summed E-state index contributed by atoms with van der Waals surface area (Å²) in [5, 5.41) is 7.89. The summed E-state index contributed by atoms with van der Waals surface area (Å²) in [4.78, 5) is 32.1. The van der Waals surface area contributed by atoms with Gasteiger partial charge in [0.15, 0.2) is 5.78 Å². The molecule has 30 heavy (non-hydrogen) atoms. The number of aliphatic carboxylic acids is 1. The average Bonchev–Trinajstić information content (AvgIpc) is 2.75. The molecule has 5 nitrogen and oxygen atoms in total. The van der Waals surface area contributed by atoms with E-state index in [4.69, 9.17) is 9.84 Å². The molecule has 0 aliphatic rings. The second-order valence-corrected chi connectivity index (χ2v) is 6.42. The Morgan fingerprint density at radius 1 is 0.833 bits per heavy atom. The summed E-state index contributed by atoms with van der Waals surface area (Å²) in [5.41, 5.74) is 2.11. The number of hydrogen-bond donors (Lipinski definition) is 1. The first-order chi connectivity index (χ1) is 14.2. The fraction of sp³-hybridized carbons (Fsp3) is 0.240. The Labute approximate surface area is 178 Å². The minimum absolute atomic E-state index is 0.0752. The maximum atomic E-state index is 11.8. The average molecular weight is 411 g/mol. The third kappa shape index (κ3) is 12.1. The van der Waals surface area contributed by atoms with Crippen molar-refractivity contribution in [1.82, 2.24) is 0 Å². The molecule has 160 valence electrons. The lowest BCUT2D eigenvalue weighted by molar-refractivity contribution is -0.139. The lowest BCUT2D eigenvalue weighted by Crippen LogP contribution is -2.05. The van der Waals surface area contributed by atoms with E-state index in [1.165, 1.54) is 6.92 Å². The highest BCUT2D eigenvalue weighted by atomic mass is 16.5. The molecule has 0 unspecified atom stereocenters. The van der Waals surface area contributed by atoms with E-state index in [1.807, 2.05) is 60.7 Å². The van der Waals surface area contributed by atoms with Crippen LogP contribution in [0.2, 0.25) is 0 Å². The molecular formula is C25H30O5. The molecule has 2 rings (SSSR count). The number of carbonyl (C=O) groups excluding carboxylic acids is 2. The first kappa shape index (κ1) is 26.5. The van der Waals surface area contributed by atoms with Gasteiger partial charge in [-0.2, -0.15) is 0 Å². The number of carbonyl (C=O) groups is 3. The standard InChI is InChI=1S/C13H10O.C8H14O2.C4H6O2/c14-13(11-7-3-1-4-8-11)12-9-5-2-6-10-12;1-4-5-6-10-8(9)7(2)3;1-3(2)4(5)6/h1-10H;2,4-6H2,1,3H3;1H2,2H3,(H,5,6). The predicted octanol–water partition coefficient (Wildman–Crippen LogP) is 5.47. The summed E-state index contributed by atoms with van der Waals surface area (Å²) >= 11 is 0. The van der Waals surface area contributed by atoms with Crippen LogP contribution in [0.15, 0.2) is 85.0 Å². The van der Waals surface area contributed by atoms with Gasteiger partial charge >= 0.3 is 11.9 Å². The van der Waals surface area contributed by atoms with E-state index in [0.29, 0.717) is 12.2 Å². The quantitative estimate of drug-likeness (QED) is 0.283. The van der Waals surface area contributed by atoms with Gasteiger partial charge in [0, 0.05) is 22.3 Å². The number of rotatable bonds is 7. The highest BCUT2D eigenvalue weighted by Gasteiger charge is 2.06. The van der Waals surface area contributed by atoms with E-state index >= 15 is 0 Å². The van der Waals surface area contributed by atoms with Crippen molar-refractivity contribution in [3.8, 4) is 0 Å². The molecule has 0 aliphatic carbocycles. The lowest BCUT2D eigenvalue weighted by Gasteiger charge is -2.01. The van der Waals surface area contributed by atoms with Crippen LogP contribution >= 0.6 is 0 Å². The van der Waals surface area contributed by atoms with Gasteiger partial charge in [0.2, 0.25) is 0 Å². The number of hydrogen-bond acceptors (Lipinski definition) is 4. The van der Waals surface area contributed by atoms with Crippen molar-refractivity contribution in [2.75, 3.05) is 6.61 Å². The number of unbranched alkanes of at least 4 members (excludes halogenated alkanes) is 1. The van der Waals surface area contributed by atoms with Gasteiger partial charge in [-0.15, -0.1) is 0 Å². The van der Waals surface area contributed by atoms with Crippen LogP contribution < -0.4 is 0 Å². The number of ether oxygens (including phenoxy) is 1. The topological polar surface area (TPSA) is 80.7 Å². The normalized spacial score (nSPS) is 9.03. The van der Waals surface area contributed by atoms with E-state index < -0.39 is 5.97 Å². The fourth-order valence-electron chi connectivity index (χ4n) is 1.78. The molecule has 0 fully saturated rings. The zero-order valence-electron chi connectivity index (χ0n) is 17.9. The Morgan fingerprint density at radius 2 is 1.23 bits per heavy atom. The van der Waals surface area contributed by atoms with Gasteiger partial charge in [0.1, 0.15) is 0 Å². The van der Waals surface area contributed by atoms with Crippen molar-refractivity contribution in [1.29, 1.82) is 0 Å². The zero-order chi connectivity index (χ0) is 22.9. The zero-order valence-corrected chi connectivity index (χ0v) is 17.9. The molecule has 0 heterocycles. The van der Waals surface area contributed by atoms with Gasteiger partial charge in [-0.05, 0) is 20.3 Å². The maximum Gasteiger partial charge on any atom is 0.333 e. The van der Waals surface area contributed by atoms with Gasteiger partial charge in [-0.25, -0.2) is 9.59 Å². The summed E-state index contributed by atoms with van der Waals surface area (Å²) in [6, 6.07) is 18.6. The van der Waals surface area contributed by atoms with Gasteiger partial charge in [0.05, 0.1) is 6.61 Å². The van der Waals surface area contributed by atoms with Crippen molar-refractivity contribution in [2.45, 2.75) is 33.6 Å². The molecule has 0 bridgehead atoms. The Balaban J connectivity index is 0.000000463. The summed E-state index contributed by atoms with van der Waals surface area (Å²) in [6.07, 6.45) is 1.97. The van der Waals surface area contributed by atoms with Crippen LogP contribution in [0.4, 0.5) is 0 Å². The fourth-order valence-corrected chi connectivity index (χ4v) is 1.78. The number of carboxylic acids is 1. The third-order valence-corrected chi connectivity index (χ3v) is 3.52. The molecule has 2 aromatic rings. The number of esters is 1. The summed E-state index contributed by atoms with van der Waals surface area (Å²) in [5.74, 6) is -1.14. The van der Waals surface area contributed by atoms with E-state index in [2.05, 4.69) is 20.1 Å². The molecule has 1 N–H and O–H groups in total.